The molecule has 1 aliphatic rings. The highest BCUT2D eigenvalue weighted by Gasteiger charge is 2.20. The van der Waals surface area contributed by atoms with Gasteiger partial charge in [0.1, 0.15) is 0 Å². The second kappa shape index (κ2) is 2.14. The fraction of sp³-hybridized carbons (Fsp3) is 1.00. The normalized spacial score (nSPS) is 42.0. The van der Waals surface area contributed by atoms with Crippen molar-refractivity contribution >= 4 is 15.9 Å². The van der Waals surface area contributed by atoms with Crippen molar-refractivity contribution in [3.05, 3.63) is 0 Å². The minimum Gasteiger partial charge on any atom is -0.380 e. The number of alkyl halides is 1. The third-order valence-electron chi connectivity index (χ3n) is 1.28. The minimum atomic E-state index is 0.604. The zero-order valence-electron chi connectivity index (χ0n) is 4.36. The minimum absolute atomic E-state index is 0.604. The molecule has 0 radical (unpaired) electrons. The Morgan fingerprint density at radius 2 is 2.29 bits per heavy atom. The quantitative estimate of drug-likeness (QED) is 0.493. The SMILES string of the molecule is C[C@@H]1COC[C@H]1Br. The Hall–Kier alpha value is 0.440. The van der Waals surface area contributed by atoms with E-state index in [1.54, 1.807) is 0 Å². The first-order valence-corrected chi connectivity index (χ1v) is 3.44. The molecule has 1 heterocycles. The summed E-state index contributed by atoms with van der Waals surface area (Å²) in [6.45, 7) is 4.00. The standard InChI is InChI=1S/C5H9BrO/c1-4-2-7-3-5(4)6/h4-5H,2-3H2,1H3/t4-,5-/m1/s1. The van der Waals surface area contributed by atoms with E-state index < -0.39 is 0 Å². The monoisotopic (exact) mass is 164 g/mol. The van der Waals surface area contributed by atoms with Gasteiger partial charge in [0, 0.05) is 4.83 Å². The van der Waals surface area contributed by atoms with E-state index in [-0.39, 0.29) is 0 Å². The maximum Gasteiger partial charge on any atom is 0.0595 e. The second-order valence-electron chi connectivity index (χ2n) is 2.03. The maximum absolute atomic E-state index is 5.12. The predicted octanol–water partition coefficient (Wildman–Crippen LogP) is 1.42. The molecular weight excluding hydrogens is 156 g/mol. The number of ether oxygens (including phenoxy) is 1. The van der Waals surface area contributed by atoms with Gasteiger partial charge in [0.2, 0.25) is 0 Å². The lowest BCUT2D eigenvalue weighted by Gasteiger charge is -1.99. The molecule has 0 N–H and O–H groups in total. The smallest absolute Gasteiger partial charge is 0.0595 e. The van der Waals surface area contributed by atoms with Crippen LogP contribution in [0.4, 0.5) is 0 Å². The molecule has 1 fully saturated rings. The Bertz CT molecular complexity index is 57.1. The molecule has 1 rings (SSSR count). The van der Waals surface area contributed by atoms with Crippen molar-refractivity contribution in [3.8, 4) is 0 Å². The van der Waals surface area contributed by atoms with Gasteiger partial charge in [0.25, 0.3) is 0 Å². The van der Waals surface area contributed by atoms with E-state index in [1.165, 1.54) is 0 Å². The van der Waals surface area contributed by atoms with Gasteiger partial charge in [-0.15, -0.1) is 0 Å². The largest absolute Gasteiger partial charge is 0.380 e. The summed E-state index contributed by atoms with van der Waals surface area (Å²) < 4.78 is 5.12. The lowest BCUT2D eigenvalue weighted by molar-refractivity contribution is 0.189. The van der Waals surface area contributed by atoms with Crippen LogP contribution < -0.4 is 0 Å². The number of halogens is 1. The molecule has 7 heavy (non-hydrogen) atoms. The van der Waals surface area contributed by atoms with Gasteiger partial charge in [-0.2, -0.15) is 0 Å². The van der Waals surface area contributed by atoms with Crippen LogP contribution in [-0.4, -0.2) is 18.0 Å². The summed E-state index contributed by atoms with van der Waals surface area (Å²) in [5, 5.41) is 0. The van der Waals surface area contributed by atoms with Crippen molar-refractivity contribution in [2.75, 3.05) is 13.2 Å². The molecule has 0 aromatic carbocycles. The van der Waals surface area contributed by atoms with Crippen LogP contribution in [0.25, 0.3) is 0 Å². The third-order valence-corrected chi connectivity index (χ3v) is 2.44. The molecule has 0 amide bonds. The predicted molar refractivity (Wildman–Crippen MR) is 32.7 cm³/mol. The van der Waals surface area contributed by atoms with Gasteiger partial charge in [-0.1, -0.05) is 22.9 Å². The fourth-order valence-corrected chi connectivity index (χ4v) is 0.975. The molecule has 0 aromatic heterocycles. The Kier molecular flexibility index (Phi) is 1.70. The van der Waals surface area contributed by atoms with Crippen molar-refractivity contribution in [3.63, 3.8) is 0 Å². The zero-order valence-corrected chi connectivity index (χ0v) is 5.94. The summed E-state index contributed by atoms with van der Waals surface area (Å²) in [7, 11) is 0. The lowest BCUT2D eigenvalue weighted by atomic mass is 10.2. The van der Waals surface area contributed by atoms with Gasteiger partial charge in [0.15, 0.2) is 0 Å². The Morgan fingerprint density at radius 3 is 2.43 bits per heavy atom. The highest BCUT2D eigenvalue weighted by atomic mass is 79.9. The molecule has 42 valence electrons. The first-order chi connectivity index (χ1) is 3.30. The summed E-state index contributed by atoms with van der Waals surface area (Å²) in [4.78, 5) is 0.604. The topological polar surface area (TPSA) is 9.23 Å². The van der Waals surface area contributed by atoms with E-state index in [2.05, 4.69) is 22.9 Å². The average Bonchev–Trinajstić information content (AvgIpc) is 1.91. The highest BCUT2D eigenvalue weighted by molar-refractivity contribution is 9.09. The van der Waals surface area contributed by atoms with Gasteiger partial charge in [-0.25, -0.2) is 0 Å². The first kappa shape index (κ1) is 5.57. The second-order valence-corrected chi connectivity index (χ2v) is 3.21. The van der Waals surface area contributed by atoms with Gasteiger partial charge in [-0.05, 0) is 5.92 Å². The van der Waals surface area contributed by atoms with Crippen molar-refractivity contribution in [2.45, 2.75) is 11.8 Å². The number of hydrogen-bond donors (Lipinski definition) is 0. The van der Waals surface area contributed by atoms with Crippen LogP contribution >= 0.6 is 15.9 Å². The van der Waals surface area contributed by atoms with E-state index in [9.17, 15) is 0 Å². The van der Waals surface area contributed by atoms with Crippen LogP contribution in [-0.2, 0) is 4.74 Å². The Morgan fingerprint density at radius 1 is 1.57 bits per heavy atom. The van der Waals surface area contributed by atoms with Crippen LogP contribution in [0.5, 0.6) is 0 Å². The Labute approximate surface area is 52.2 Å². The van der Waals surface area contributed by atoms with E-state index >= 15 is 0 Å². The maximum atomic E-state index is 5.12. The van der Waals surface area contributed by atoms with Crippen LogP contribution in [0.2, 0.25) is 0 Å². The van der Waals surface area contributed by atoms with Crippen molar-refractivity contribution in [1.82, 2.24) is 0 Å². The molecule has 0 bridgehead atoms. The first-order valence-electron chi connectivity index (χ1n) is 2.52. The molecule has 2 atom stereocenters. The molecule has 0 aliphatic carbocycles. The average molecular weight is 165 g/mol. The van der Waals surface area contributed by atoms with Crippen LogP contribution in [0.3, 0.4) is 0 Å². The van der Waals surface area contributed by atoms with Crippen molar-refractivity contribution in [2.24, 2.45) is 5.92 Å². The van der Waals surface area contributed by atoms with Crippen LogP contribution in [0, 0.1) is 5.92 Å². The molecular formula is C5H9BrO. The molecule has 0 saturated carbocycles. The molecule has 0 aromatic rings. The molecule has 0 unspecified atom stereocenters. The van der Waals surface area contributed by atoms with Crippen LogP contribution in [0.15, 0.2) is 0 Å². The van der Waals surface area contributed by atoms with Crippen molar-refractivity contribution < 1.29 is 4.74 Å². The summed E-state index contributed by atoms with van der Waals surface area (Å²) >= 11 is 3.48. The molecule has 1 aliphatic heterocycles. The third kappa shape index (κ3) is 1.16. The molecule has 1 nitrogen and oxygen atoms in total. The van der Waals surface area contributed by atoms with E-state index in [0.717, 1.165) is 13.2 Å². The molecule has 1 saturated heterocycles. The van der Waals surface area contributed by atoms with Crippen molar-refractivity contribution in [1.29, 1.82) is 0 Å². The lowest BCUT2D eigenvalue weighted by Crippen LogP contribution is -2.05. The highest BCUT2D eigenvalue weighted by Crippen LogP contribution is 2.19. The van der Waals surface area contributed by atoms with Gasteiger partial charge in [-0.3, -0.25) is 0 Å². The number of hydrogen-bond acceptors (Lipinski definition) is 1. The van der Waals surface area contributed by atoms with E-state index in [4.69, 9.17) is 4.74 Å². The van der Waals surface area contributed by atoms with Gasteiger partial charge < -0.3 is 4.74 Å². The zero-order chi connectivity index (χ0) is 5.28. The summed E-state index contributed by atoms with van der Waals surface area (Å²) in [6.07, 6.45) is 0. The van der Waals surface area contributed by atoms with Crippen LogP contribution in [0.1, 0.15) is 6.92 Å². The fourth-order valence-electron chi connectivity index (χ4n) is 0.635. The summed E-state index contributed by atoms with van der Waals surface area (Å²) in [5.74, 6) is 0.708. The molecule has 0 spiro atoms. The Balaban J connectivity index is 2.33. The van der Waals surface area contributed by atoms with Gasteiger partial charge in [0.05, 0.1) is 13.2 Å². The molecule has 2 heteroatoms. The summed E-state index contributed by atoms with van der Waals surface area (Å²) in [5.41, 5.74) is 0. The van der Waals surface area contributed by atoms with E-state index in [0.29, 0.717) is 10.7 Å². The van der Waals surface area contributed by atoms with Gasteiger partial charge >= 0.3 is 0 Å². The summed E-state index contributed by atoms with van der Waals surface area (Å²) in [6, 6.07) is 0. The number of rotatable bonds is 0. The van der Waals surface area contributed by atoms with E-state index in [1.807, 2.05) is 0 Å².